The van der Waals surface area contributed by atoms with Crippen LogP contribution in [0.2, 0.25) is 0 Å². The molecule has 3 heterocycles. The number of nitrogens with zero attached hydrogens (tertiary/aromatic N) is 1. The molecule has 2 aromatic carbocycles. The van der Waals surface area contributed by atoms with Crippen molar-refractivity contribution in [2.24, 2.45) is 0 Å². The van der Waals surface area contributed by atoms with Crippen LogP contribution in [0, 0.1) is 0 Å². The van der Waals surface area contributed by atoms with E-state index < -0.39 is 23.8 Å². The Morgan fingerprint density at radius 3 is 2.76 bits per heavy atom. The topological polar surface area (TPSA) is 129 Å². The molecule has 2 aromatic heterocycles. The number of aromatic amines is 2. The zero-order valence-electron chi connectivity index (χ0n) is 17.6. The van der Waals surface area contributed by atoms with Crippen LogP contribution in [0.3, 0.4) is 0 Å². The van der Waals surface area contributed by atoms with Gasteiger partial charge in [-0.1, -0.05) is 24.3 Å². The Balaban J connectivity index is 1.40. The lowest BCUT2D eigenvalue weighted by molar-refractivity contribution is -0.142. The minimum atomic E-state index is -1.10. The van der Waals surface area contributed by atoms with Gasteiger partial charge in [0.2, 0.25) is 12.7 Å². The lowest BCUT2D eigenvalue weighted by Gasteiger charge is -2.21. The Morgan fingerprint density at radius 1 is 1.09 bits per heavy atom. The molecular formula is C24H22N4O5. The SMILES string of the molecule is O=C(N[C@@H](Cc1c[nH]c2ccccc12)C(=O)O)C(Cc1cnc[nH]1)c1ccc2c(c1)OCO2. The molecule has 0 aliphatic carbocycles. The predicted molar refractivity (Wildman–Crippen MR) is 119 cm³/mol. The second-order valence-corrected chi connectivity index (χ2v) is 7.91. The van der Waals surface area contributed by atoms with E-state index in [1.54, 1.807) is 36.9 Å². The van der Waals surface area contributed by atoms with Gasteiger partial charge in [-0.05, 0) is 29.3 Å². The molecule has 4 N–H and O–H groups in total. The van der Waals surface area contributed by atoms with Crippen molar-refractivity contribution in [2.75, 3.05) is 6.79 Å². The first-order valence-corrected chi connectivity index (χ1v) is 10.5. The number of amides is 1. The van der Waals surface area contributed by atoms with Crippen molar-refractivity contribution >= 4 is 22.8 Å². The zero-order valence-corrected chi connectivity index (χ0v) is 17.6. The average molecular weight is 446 g/mol. The number of rotatable bonds is 8. The Kier molecular flexibility index (Phi) is 5.43. The number of carbonyl (C=O) groups is 2. The second-order valence-electron chi connectivity index (χ2n) is 7.91. The number of carboxylic acids is 1. The average Bonchev–Trinajstić information content (AvgIpc) is 3.57. The van der Waals surface area contributed by atoms with Crippen molar-refractivity contribution in [3.05, 3.63) is 78.0 Å². The molecular weight excluding hydrogens is 424 g/mol. The van der Waals surface area contributed by atoms with Gasteiger partial charge in [0.15, 0.2) is 11.5 Å². The van der Waals surface area contributed by atoms with Crippen molar-refractivity contribution in [1.82, 2.24) is 20.3 Å². The third-order valence-electron chi connectivity index (χ3n) is 5.81. The molecule has 9 nitrogen and oxygen atoms in total. The number of imidazole rings is 1. The predicted octanol–water partition coefficient (Wildman–Crippen LogP) is 2.76. The summed E-state index contributed by atoms with van der Waals surface area (Å²) >= 11 is 0. The number of hydrogen-bond donors (Lipinski definition) is 4. The fraction of sp³-hybridized carbons (Fsp3) is 0.208. The summed E-state index contributed by atoms with van der Waals surface area (Å²) in [4.78, 5) is 35.6. The summed E-state index contributed by atoms with van der Waals surface area (Å²) in [5.74, 6) is -0.967. The van der Waals surface area contributed by atoms with Crippen LogP contribution in [0.15, 0.2) is 61.2 Å². The molecule has 168 valence electrons. The number of carboxylic acid groups (broad SMARTS) is 1. The number of ether oxygens (including phenoxy) is 2. The van der Waals surface area contributed by atoms with Crippen molar-refractivity contribution in [1.29, 1.82) is 0 Å². The standard InChI is InChI=1S/C24H22N4O5/c29-23(28-20(24(30)31)7-15-10-26-19-4-2-1-3-17(15)19)18(9-16-11-25-12-27-16)14-5-6-21-22(8-14)33-13-32-21/h1-6,8,10-12,18,20,26H,7,9,13H2,(H,25,27)(H,28,29)(H,30,31)/t18?,20-/m0/s1. The third-order valence-corrected chi connectivity index (χ3v) is 5.81. The molecule has 0 saturated carbocycles. The first-order valence-electron chi connectivity index (χ1n) is 10.5. The van der Waals surface area contributed by atoms with Crippen LogP contribution in [-0.2, 0) is 22.4 Å². The van der Waals surface area contributed by atoms with Gasteiger partial charge in [-0.15, -0.1) is 0 Å². The summed E-state index contributed by atoms with van der Waals surface area (Å²) in [6, 6.07) is 11.9. The molecule has 0 spiro atoms. The summed E-state index contributed by atoms with van der Waals surface area (Å²) in [5, 5.41) is 13.5. The maximum Gasteiger partial charge on any atom is 0.326 e. The molecule has 9 heteroatoms. The van der Waals surface area contributed by atoms with Crippen LogP contribution in [0.25, 0.3) is 10.9 Å². The van der Waals surface area contributed by atoms with Crippen LogP contribution in [0.5, 0.6) is 11.5 Å². The van der Waals surface area contributed by atoms with Crippen molar-refractivity contribution in [3.8, 4) is 11.5 Å². The third kappa shape index (κ3) is 4.25. The number of carbonyl (C=O) groups excluding carboxylic acids is 1. The molecule has 0 bridgehead atoms. The number of nitrogens with one attached hydrogen (secondary N) is 3. The highest BCUT2D eigenvalue weighted by molar-refractivity contribution is 5.89. The van der Waals surface area contributed by atoms with Gasteiger partial charge in [-0.3, -0.25) is 4.79 Å². The minimum Gasteiger partial charge on any atom is -0.480 e. The van der Waals surface area contributed by atoms with E-state index in [2.05, 4.69) is 20.3 Å². The van der Waals surface area contributed by atoms with Gasteiger partial charge in [0.1, 0.15) is 6.04 Å². The molecule has 5 rings (SSSR count). The smallest absolute Gasteiger partial charge is 0.326 e. The number of H-pyrrole nitrogens is 2. The molecule has 1 aliphatic rings. The van der Waals surface area contributed by atoms with E-state index in [1.165, 1.54) is 0 Å². The van der Waals surface area contributed by atoms with Gasteiger partial charge in [0.25, 0.3) is 0 Å². The molecule has 1 amide bonds. The quantitative estimate of drug-likeness (QED) is 0.329. The van der Waals surface area contributed by atoms with E-state index in [0.717, 1.165) is 22.2 Å². The first-order chi connectivity index (χ1) is 16.1. The number of para-hydroxylation sites is 1. The van der Waals surface area contributed by atoms with Gasteiger partial charge in [0.05, 0.1) is 12.2 Å². The van der Waals surface area contributed by atoms with Crippen LogP contribution >= 0.6 is 0 Å². The zero-order chi connectivity index (χ0) is 22.8. The van der Waals surface area contributed by atoms with E-state index >= 15 is 0 Å². The summed E-state index contributed by atoms with van der Waals surface area (Å²) < 4.78 is 10.8. The number of hydrogen-bond acceptors (Lipinski definition) is 5. The van der Waals surface area contributed by atoms with E-state index in [0.29, 0.717) is 23.5 Å². The van der Waals surface area contributed by atoms with Crippen molar-refractivity contribution in [2.45, 2.75) is 24.8 Å². The number of aromatic nitrogens is 3. The van der Waals surface area contributed by atoms with Gasteiger partial charge in [-0.2, -0.15) is 0 Å². The second kappa shape index (κ2) is 8.70. The highest BCUT2D eigenvalue weighted by Crippen LogP contribution is 2.35. The molecule has 0 radical (unpaired) electrons. The number of benzene rings is 2. The van der Waals surface area contributed by atoms with E-state index in [9.17, 15) is 14.7 Å². The Hall–Kier alpha value is -4.27. The molecule has 2 atom stereocenters. The summed E-state index contributed by atoms with van der Waals surface area (Å²) in [7, 11) is 0. The van der Waals surface area contributed by atoms with E-state index in [1.807, 2.05) is 24.3 Å². The molecule has 33 heavy (non-hydrogen) atoms. The Bertz CT molecular complexity index is 1300. The number of fused-ring (bicyclic) bond motifs is 2. The molecule has 4 aromatic rings. The molecule has 0 saturated heterocycles. The van der Waals surface area contributed by atoms with Gasteiger partial charge >= 0.3 is 5.97 Å². The first kappa shape index (κ1) is 20.6. The highest BCUT2D eigenvalue weighted by atomic mass is 16.7. The van der Waals surface area contributed by atoms with Crippen molar-refractivity contribution in [3.63, 3.8) is 0 Å². The summed E-state index contributed by atoms with van der Waals surface area (Å²) in [6.45, 7) is 0.127. The maximum atomic E-state index is 13.4. The fourth-order valence-corrected chi connectivity index (χ4v) is 4.10. The van der Waals surface area contributed by atoms with Crippen LogP contribution in [-0.4, -0.2) is 44.8 Å². The number of aliphatic carboxylic acids is 1. The normalized spacial score (nSPS) is 14.2. The van der Waals surface area contributed by atoms with E-state index in [4.69, 9.17) is 9.47 Å². The van der Waals surface area contributed by atoms with Gasteiger partial charge in [-0.25, -0.2) is 9.78 Å². The van der Waals surface area contributed by atoms with Gasteiger partial charge < -0.3 is 29.9 Å². The monoisotopic (exact) mass is 446 g/mol. The van der Waals surface area contributed by atoms with Gasteiger partial charge in [0, 0.05) is 41.8 Å². The highest BCUT2D eigenvalue weighted by Gasteiger charge is 2.29. The molecule has 1 unspecified atom stereocenters. The molecule has 1 aliphatic heterocycles. The van der Waals surface area contributed by atoms with Crippen molar-refractivity contribution < 1.29 is 24.2 Å². The lowest BCUT2D eigenvalue weighted by Crippen LogP contribution is -2.44. The minimum absolute atomic E-state index is 0.127. The van der Waals surface area contributed by atoms with Crippen LogP contribution in [0.4, 0.5) is 0 Å². The largest absolute Gasteiger partial charge is 0.480 e. The van der Waals surface area contributed by atoms with Crippen LogP contribution < -0.4 is 14.8 Å². The van der Waals surface area contributed by atoms with Crippen LogP contribution in [0.1, 0.15) is 22.7 Å². The molecule has 0 fully saturated rings. The van der Waals surface area contributed by atoms with E-state index in [-0.39, 0.29) is 13.2 Å². The summed E-state index contributed by atoms with van der Waals surface area (Å²) in [6.07, 6.45) is 5.45. The Morgan fingerprint density at radius 2 is 1.94 bits per heavy atom. The maximum absolute atomic E-state index is 13.4. The Labute approximate surface area is 188 Å². The summed E-state index contributed by atoms with van der Waals surface area (Å²) in [5.41, 5.74) is 3.20. The lowest BCUT2D eigenvalue weighted by atomic mass is 9.92. The fourth-order valence-electron chi connectivity index (χ4n) is 4.10.